The molecule has 0 amide bonds. The highest BCUT2D eigenvalue weighted by Gasteiger charge is 2.02. The first-order valence-electron chi connectivity index (χ1n) is 14.3. The molecular formula is C29H58O. The summed E-state index contributed by atoms with van der Waals surface area (Å²) in [5.41, 5.74) is 0. The molecule has 0 heterocycles. The van der Waals surface area contributed by atoms with Crippen molar-refractivity contribution in [2.24, 2.45) is 0 Å². The van der Waals surface area contributed by atoms with E-state index in [1.54, 1.807) is 0 Å². The number of hydrogen-bond donors (Lipinski definition) is 0. The summed E-state index contributed by atoms with van der Waals surface area (Å²) in [5.74, 6) is 0.518. The summed E-state index contributed by atoms with van der Waals surface area (Å²) in [4.78, 5) is 11.9. The van der Waals surface area contributed by atoms with Crippen LogP contribution < -0.4 is 0 Å². The van der Waals surface area contributed by atoms with E-state index in [-0.39, 0.29) is 0 Å². The number of rotatable bonds is 26. The molecule has 0 atom stereocenters. The predicted molar refractivity (Wildman–Crippen MR) is 136 cm³/mol. The number of unbranched alkanes of at least 4 members (excludes halogenated alkanes) is 22. The smallest absolute Gasteiger partial charge is 0.132 e. The second kappa shape index (κ2) is 26.7. The third kappa shape index (κ3) is 25.7. The fourth-order valence-corrected chi connectivity index (χ4v) is 4.45. The lowest BCUT2D eigenvalue weighted by molar-refractivity contribution is -0.119. The van der Waals surface area contributed by atoms with Gasteiger partial charge in [-0.1, -0.05) is 155 Å². The maximum absolute atomic E-state index is 11.9. The van der Waals surface area contributed by atoms with Gasteiger partial charge in [0.1, 0.15) is 5.78 Å². The van der Waals surface area contributed by atoms with E-state index in [1.807, 2.05) is 0 Å². The Morgan fingerprint density at radius 2 is 0.533 bits per heavy atom. The molecule has 0 fully saturated rings. The molecule has 0 saturated heterocycles. The molecule has 0 unspecified atom stereocenters. The van der Waals surface area contributed by atoms with E-state index in [4.69, 9.17) is 0 Å². The van der Waals surface area contributed by atoms with Crippen LogP contribution in [0.4, 0.5) is 0 Å². The predicted octanol–water partition coefficient (Wildman–Crippen LogP) is 10.7. The largest absolute Gasteiger partial charge is 0.300 e. The summed E-state index contributed by atoms with van der Waals surface area (Å²) in [5, 5.41) is 0. The number of ketones is 1. The summed E-state index contributed by atoms with van der Waals surface area (Å²) in [6.07, 6.45) is 34.7. The van der Waals surface area contributed by atoms with Crippen LogP contribution in [0.1, 0.15) is 181 Å². The van der Waals surface area contributed by atoms with E-state index < -0.39 is 0 Å². The molecule has 0 bridgehead atoms. The van der Waals surface area contributed by atoms with Gasteiger partial charge in [0.25, 0.3) is 0 Å². The van der Waals surface area contributed by atoms with Crippen LogP contribution in [-0.2, 0) is 4.79 Å². The van der Waals surface area contributed by atoms with Crippen LogP contribution in [0.25, 0.3) is 0 Å². The van der Waals surface area contributed by atoms with Gasteiger partial charge in [0.2, 0.25) is 0 Å². The Hall–Kier alpha value is -0.330. The van der Waals surface area contributed by atoms with Crippen molar-refractivity contribution >= 4 is 5.78 Å². The first-order valence-corrected chi connectivity index (χ1v) is 14.3. The lowest BCUT2D eigenvalue weighted by Crippen LogP contribution is -1.97. The molecule has 0 aliphatic heterocycles. The van der Waals surface area contributed by atoms with Gasteiger partial charge in [-0.05, 0) is 12.8 Å². The van der Waals surface area contributed by atoms with Crippen molar-refractivity contribution in [3.05, 3.63) is 0 Å². The molecular weight excluding hydrogens is 364 g/mol. The molecule has 30 heavy (non-hydrogen) atoms. The zero-order valence-corrected chi connectivity index (χ0v) is 21.3. The quantitative estimate of drug-likeness (QED) is 0.127. The monoisotopic (exact) mass is 422 g/mol. The van der Waals surface area contributed by atoms with Gasteiger partial charge in [-0.2, -0.15) is 0 Å². The molecule has 1 nitrogen and oxygen atoms in total. The zero-order valence-electron chi connectivity index (χ0n) is 21.3. The van der Waals surface area contributed by atoms with Crippen molar-refractivity contribution < 1.29 is 4.79 Å². The molecule has 0 aromatic rings. The Labute approximate surface area is 191 Å². The van der Waals surface area contributed by atoms with Gasteiger partial charge in [-0.3, -0.25) is 4.79 Å². The SMILES string of the molecule is CCCCCCCCCCCCCCCCCCCC(=O)CCCCCCCCC. The van der Waals surface area contributed by atoms with Crippen LogP contribution in [0, 0.1) is 0 Å². The Morgan fingerprint density at radius 3 is 0.767 bits per heavy atom. The van der Waals surface area contributed by atoms with Crippen LogP contribution in [-0.4, -0.2) is 5.78 Å². The summed E-state index contributed by atoms with van der Waals surface area (Å²) >= 11 is 0. The standard InChI is InChI=1S/C29H58O/c1-3-5-7-9-11-12-13-14-15-16-17-18-19-20-22-24-26-28-29(30)27-25-23-21-10-8-6-4-2/h3-28H2,1-2H3. The average molecular weight is 423 g/mol. The molecule has 0 aromatic heterocycles. The number of Topliss-reactive ketones (excluding diaryl/α,β-unsaturated/α-hetero) is 1. The Balaban J connectivity index is 3.11. The Bertz CT molecular complexity index is 322. The number of carbonyl (C=O) groups excluding carboxylic acids is 1. The lowest BCUT2D eigenvalue weighted by atomic mass is 10.0. The van der Waals surface area contributed by atoms with Crippen LogP contribution in [0.3, 0.4) is 0 Å². The molecule has 0 aromatic carbocycles. The van der Waals surface area contributed by atoms with Crippen molar-refractivity contribution in [3.63, 3.8) is 0 Å². The fraction of sp³-hybridized carbons (Fsp3) is 0.966. The van der Waals surface area contributed by atoms with E-state index in [2.05, 4.69) is 13.8 Å². The molecule has 0 radical (unpaired) electrons. The first-order chi connectivity index (χ1) is 14.8. The van der Waals surface area contributed by atoms with E-state index >= 15 is 0 Å². The maximum atomic E-state index is 11.9. The Morgan fingerprint density at radius 1 is 0.333 bits per heavy atom. The summed E-state index contributed by atoms with van der Waals surface area (Å²) < 4.78 is 0. The second-order valence-electron chi connectivity index (χ2n) is 9.82. The van der Waals surface area contributed by atoms with Crippen molar-refractivity contribution in [3.8, 4) is 0 Å². The minimum atomic E-state index is 0.518. The van der Waals surface area contributed by atoms with Gasteiger partial charge in [0.15, 0.2) is 0 Å². The van der Waals surface area contributed by atoms with E-state index in [1.165, 1.54) is 141 Å². The van der Waals surface area contributed by atoms with Gasteiger partial charge in [-0.15, -0.1) is 0 Å². The van der Waals surface area contributed by atoms with Crippen molar-refractivity contribution in [2.45, 2.75) is 181 Å². The molecule has 0 aliphatic rings. The molecule has 0 saturated carbocycles. The minimum absolute atomic E-state index is 0.518. The van der Waals surface area contributed by atoms with E-state index in [0.29, 0.717) is 5.78 Å². The third-order valence-corrected chi connectivity index (χ3v) is 6.62. The van der Waals surface area contributed by atoms with Gasteiger partial charge < -0.3 is 0 Å². The lowest BCUT2D eigenvalue weighted by Gasteiger charge is -2.04. The van der Waals surface area contributed by atoms with Crippen LogP contribution in [0.5, 0.6) is 0 Å². The first kappa shape index (κ1) is 29.7. The molecule has 180 valence electrons. The van der Waals surface area contributed by atoms with Gasteiger partial charge in [0, 0.05) is 12.8 Å². The number of carbonyl (C=O) groups is 1. The van der Waals surface area contributed by atoms with Crippen molar-refractivity contribution in [1.29, 1.82) is 0 Å². The third-order valence-electron chi connectivity index (χ3n) is 6.62. The topological polar surface area (TPSA) is 17.1 Å². The van der Waals surface area contributed by atoms with E-state index in [0.717, 1.165) is 25.7 Å². The normalized spacial score (nSPS) is 11.3. The maximum Gasteiger partial charge on any atom is 0.132 e. The fourth-order valence-electron chi connectivity index (χ4n) is 4.45. The highest BCUT2D eigenvalue weighted by atomic mass is 16.1. The summed E-state index contributed by atoms with van der Waals surface area (Å²) in [6, 6.07) is 0. The summed E-state index contributed by atoms with van der Waals surface area (Å²) in [7, 11) is 0. The average Bonchev–Trinajstić information content (AvgIpc) is 2.75. The van der Waals surface area contributed by atoms with Crippen molar-refractivity contribution in [2.75, 3.05) is 0 Å². The molecule has 0 aliphatic carbocycles. The Kier molecular flexibility index (Phi) is 26.4. The highest BCUT2D eigenvalue weighted by Crippen LogP contribution is 2.15. The summed E-state index contributed by atoms with van der Waals surface area (Å²) in [6.45, 7) is 4.56. The van der Waals surface area contributed by atoms with E-state index in [9.17, 15) is 4.79 Å². The van der Waals surface area contributed by atoms with Gasteiger partial charge in [-0.25, -0.2) is 0 Å². The molecule has 0 rings (SSSR count). The zero-order chi connectivity index (χ0) is 22.0. The highest BCUT2D eigenvalue weighted by molar-refractivity contribution is 5.78. The molecule has 0 N–H and O–H groups in total. The van der Waals surface area contributed by atoms with Crippen LogP contribution in [0.2, 0.25) is 0 Å². The minimum Gasteiger partial charge on any atom is -0.300 e. The van der Waals surface area contributed by atoms with Crippen molar-refractivity contribution in [1.82, 2.24) is 0 Å². The van der Waals surface area contributed by atoms with Crippen LogP contribution in [0.15, 0.2) is 0 Å². The molecule has 1 heteroatoms. The van der Waals surface area contributed by atoms with Gasteiger partial charge >= 0.3 is 0 Å². The van der Waals surface area contributed by atoms with Gasteiger partial charge in [0.05, 0.1) is 0 Å². The second-order valence-corrected chi connectivity index (χ2v) is 9.82. The number of hydrogen-bond acceptors (Lipinski definition) is 1. The molecule has 0 spiro atoms. The van der Waals surface area contributed by atoms with Crippen LogP contribution >= 0.6 is 0 Å².